The number of urea groups is 1. The monoisotopic (exact) mass is 340 g/mol. The van der Waals surface area contributed by atoms with E-state index >= 15 is 0 Å². The summed E-state index contributed by atoms with van der Waals surface area (Å²) in [5.74, 6) is 0.946. The summed E-state index contributed by atoms with van der Waals surface area (Å²) >= 11 is 0. The molecule has 1 saturated heterocycles. The number of methoxy groups -OCH3 is 1. The Morgan fingerprint density at radius 3 is 2.36 bits per heavy atom. The lowest BCUT2D eigenvalue weighted by Gasteiger charge is -2.34. The maximum Gasteiger partial charge on any atom is 0.321 e. The van der Waals surface area contributed by atoms with E-state index in [1.165, 1.54) is 0 Å². The summed E-state index contributed by atoms with van der Waals surface area (Å²) in [6.07, 6.45) is 1.13. The summed E-state index contributed by atoms with van der Waals surface area (Å²) in [4.78, 5) is 14.2. The van der Waals surface area contributed by atoms with Crippen LogP contribution in [0.4, 0.5) is 10.5 Å². The molecule has 25 heavy (non-hydrogen) atoms. The number of nitrogens with zero attached hydrogens (tertiary/aromatic N) is 1. The Bertz CT molecular complexity index is 680. The second-order valence-corrected chi connectivity index (χ2v) is 6.34. The maximum absolute atomic E-state index is 12.4. The molecule has 1 heterocycles. The van der Waals surface area contributed by atoms with E-state index in [4.69, 9.17) is 4.74 Å². The summed E-state index contributed by atoms with van der Waals surface area (Å²) in [6.45, 7) is 1.30. The van der Waals surface area contributed by atoms with E-state index in [2.05, 4.69) is 5.32 Å². The lowest BCUT2D eigenvalue weighted by molar-refractivity contribution is 0.0683. The number of piperidine rings is 1. The van der Waals surface area contributed by atoms with Crippen LogP contribution in [0.5, 0.6) is 5.75 Å². The first-order valence-electron chi connectivity index (χ1n) is 8.60. The van der Waals surface area contributed by atoms with E-state index in [-0.39, 0.29) is 11.9 Å². The molecule has 1 aliphatic heterocycles. The Labute approximate surface area is 148 Å². The molecule has 0 bridgehead atoms. The topological polar surface area (TPSA) is 61.8 Å². The van der Waals surface area contributed by atoms with Gasteiger partial charge in [-0.1, -0.05) is 30.3 Å². The van der Waals surface area contributed by atoms with Gasteiger partial charge >= 0.3 is 6.03 Å². The van der Waals surface area contributed by atoms with Crippen LogP contribution >= 0.6 is 0 Å². The lowest BCUT2D eigenvalue weighted by atomic mass is 9.87. The van der Waals surface area contributed by atoms with Gasteiger partial charge in [0, 0.05) is 18.8 Å². The molecule has 0 spiro atoms. The van der Waals surface area contributed by atoms with Crippen molar-refractivity contribution in [2.24, 2.45) is 5.92 Å². The minimum atomic E-state index is -0.465. The van der Waals surface area contributed by atoms with Gasteiger partial charge in [0.05, 0.1) is 13.2 Å². The van der Waals surface area contributed by atoms with Crippen molar-refractivity contribution in [3.8, 4) is 5.75 Å². The standard InChI is InChI=1S/C20H24N2O3/c1-25-18-9-7-17(8-10-18)21-20(24)22-13-11-16(12-14-22)19(23)15-5-3-2-4-6-15/h2-10,16,19,23H,11-14H2,1H3,(H,21,24). The van der Waals surface area contributed by atoms with Crippen LogP contribution < -0.4 is 10.1 Å². The molecule has 2 aromatic rings. The molecule has 1 fully saturated rings. The molecule has 132 valence electrons. The van der Waals surface area contributed by atoms with Crippen LogP contribution in [-0.4, -0.2) is 36.2 Å². The summed E-state index contributed by atoms with van der Waals surface area (Å²) < 4.78 is 5.11. The third kappa shape index (κ3) is 4.31. The Balaban J connectivity index is 1.52. The van der Waals surface area contributed by atoms with Gasteiger partial charge in [-0.3, -0.25) is 0 Å². The second kappa shape index (κ2) is 8.03. The predicted molar refractivity (Wildman–Crippen MR) is 97.7 cm³/mol. The smallest absolute Gasteiger partial charge is 0.321 e. The van der Waals surface area contributed by atoms with Crippen molar-refractivity contribution < 1.29 is 14.6 Å². The SMILES string of the molecule is COc1ccc(NC(=O)N2CCC(C(O)c3ccccc3)CC2)cc1. The third-order valence-corrected chi connectivity index (χ3v) is 4.76. The Kier molecular flexibility index (Phi) is 5.56. The van der Waals surface area contributed by atoms with Gasteiger partial charge in [0.2, 0.25) is 0 Å². The molecule has 1 unspecified atom stereocenters. The van der Waals surface area contributed by atoms with Gasteiger partial charge in [-0.05, 0) is 48.6 Å². The van der Waals surface area contributed by atoms with Gasteiger partial charge in [-0.25, -0.2) is 4.79 Å². The molecule has 5 nitrogen and oxygen atoms in total. The van der Waals surface area contributed by atoms with Crippen LogP contribution in [-0.2, 0) is 0 Å². The van der Waals surface area contributed by atoms with Crippen molar-refractivity contribution in [2.75, 3.05) is 25.5 Å². The van der Waals surface area contributed by atoms with E-state index in [1.807, 2.05) is 54.6 Å². The molecule has 0 aromatic heterocycles. The average molecular weight is 340 g/mol. The number of rotatable bonds is 4. The zero-order valence-electron chi connectivity index (χ0n) is 14.4. The summed E-state index contributed by atoms with van der Waals surface area (Å²) in [5.41, 5.74) is 1.70. The number of hydrogen-bond acceptors (Lipinski definition) is 3. The Hall–Kier alpha value is -2.53. The number of anilines is 1. The van der Waals surface area contributed by atoms with E-state index in [0.29, 0.717) is 13.1 Å². The van der Waals surface area contributed by atoms with Crippen LogP contribution in [0.15, 0.2) is 54.6 Å². The summed E-state index contributed by atoms with van der Waals surface area (Å²) in [7, 11) is 1.61. The fraction of sp³-hybridized carbons (Fsp3) is 0.350. The van der Waals surface area contributed by atoms with Crippen molar-refractivity contribution in [3.63, 3.8) is 0 Å². The normalized spacial score (nSPS) is 16.3. The first kappa shape index (κ1) is 17.3. The highest BCUT2D eigenvalue weighted by Crippen LogP contribution is 2.30. The number of likely N-dealkylation sites (tertiary alicyclic amines) is 1. The number of hydrogen-bond donors (Lipinski definition) is 2. The zero-order chi connectivity index (χ0) is 17.6. The van der Waals surface area contributed by atoms with Crippen molar-refractivity contribution in [3.05, 3.63) is 60.2 Å². The molecule has 5 heteroatoms. The second-order valence-electron chi connectivity index (χ2n) is 6.34. The molecule has 0 radical (unpaired) electrons. The first-order valence-corrected chi connectivity index (χ1v) is 8.60. The molecule has 0 saturated carbocycles. The fourth-order valence-electron chi connectivity index (χ4n) is 3.22. The maximum atomic E-state index is 12.4. The number of aliphatic hydroxyl groups is 1. The van der Waals surface area contributed by atoms with E-state index in [9.17, 15) is 9.90 Å². The number of carbonyl (C=O) groups excluding carboxylic acids is 1. The van der Waals surface area contributed by atoms with Crippen molar-refractivity contribution >= 4 is 11.7 Å². The molecule has 2 amide bonds. The largest absolute Gasteiger partial charge is 0.497 e. The van der Waals surface area contributed by atoms with E-state index < -0.39 is 6.10 Å². The minimum absolute atomic E-state index is 0.0992. The first-order chi connectivity index (χ1) is 12.2. The molecule has 0 aliphatic carbocycles. The zero-order valence-corrected chi connectivity index (χ0v) is 14.4. The van der Waals surface area contributed by atoms with Crippen LogP contribution in [0.25, 0.3) is 0 Å². The summed E-state index contributed by atoms with van der Waals surface area (Å²) in [6, 6.07) is 16.9. The molecule has 1 atom stereocenters. The molecule has 3 rings (SSSR count). The number of benzene rings is 2. The van der Waals surface area contributed by atoms with E-state index in [1.54, 1.807) is 12.0 Å². The lowest BCUT2D eigenvalue weighted by Crippen LogP contribution is -2.42. The quantitative estimate of drug-likeness (QED) is 0.893. The summed E-state index contributed by atoms with van der Waals surface area (Å²) in [5, 5.41) is 13.4. The van der Waals surface area contributed by atoms with Gasteiger partial charge in [0.15, 0.2) is 0 Å². The number of carbonyl (C=O) groups is 1. The fourth-order valence-corrected chi connectivity index (χ4v) is 3.22. The van der Waals surface area contributed by atoms with E-state index in [0.717, 1.165) is 29.8 Å². The number of aliphatic hydroxyl groups excluding tert-OH is 1. The van der Waals surface area contributed by atoms with Gasteiger partial charge in [0.25, 0.3) is 0 Å². The predicted octanol–water partition coefficient (Wildman–Crippen LogP) is 3.67. The number of nitrogens with one attached hydrogen (secondary N) is 1. The van der Waals surface area contributed by atoms with Crippen LogP contribution in [0.1, 0.15) is 24.5 Å². The number of amides is 2. The molecular weight excluding hydrogens is 316 g/mol. The molecule has 2 aromatic carbocycles. The van der Waals surface area contributed by atoms with Crippen LogP contribution in [0, 0.1) is 5.92 Å². The highest BCUT2D eigenvalue weighted by molar-refractivity contribution is 5.89. The van der Waals surface area contributed by atoms with Crippen LogP contribution in [0.3, 0.4) is 0 Å². The number of ether oxygens (including phenoxy) is 1. The Morgan fingerprint density at radius 1 is 1.12 bits per heavy atom. The van der Waals surface area contributed by atoms with Crippen molar-refractivity contribution in [1.29, 1.82) is 0 Å². The Morgan fingerprint density at radius 2 is 1.76 bits per heavy atom. The molecule has 1 aliphatic rings. The van der Waals surface area contributed by atoms with Gasteiger partial charge in [0.1, 0.15) is 5.75 Å². The van der Waals surface area contributed by atoms with Gasteiger partial charge < -0.3 is 20.1 Å². The highest BCUT2D eigenvalue weighted by Gasteiger charge is 2.28. The molecule has 2 N–H and O–H groups in total. The average Bonchev–Trinajstić information content (AvgIpc) is 2.69. The van der Waals surface area contributed by atoms with Gasteiger partial charge in [-0.2, -0.15) is 0 Å². The van der Waals surface area contributed by atoms with Gasteiger partial charge in [-0.15, -0.1) is 0 Å². The minimum Gasteiger partial charge on any atom is -0.497 e. The van der Waals surface area contributed by atoms with Crippen LogP contribution in [0.2, 0.25) is 0 Å². The van der Waals surface area contributed by atoms with Crippen molar-refractivity contribution in [1.82, 2.24) is 4.90 Å². The molecular formula is C20H24N2O3. The van der Waals surface area contributed by atoms with Crippen molar-refractivity contribution in [2.45, 2.75) is 18.9 Å². The highest BCUT2D eigenvalue weighted by atomic mass is 16.5. The third-order valence-electron chi connectivity index (χ3n) is 4.76.